The van der Waals surface area contributed by atoms with Crippen molar-refractivity contribution in [2.45, 2.75) is 91.6 Å². The summed E-state index contributed by atoms with van der Waals surface area (Å²) in [7, 11) is 0. The largest absolute Gasteiger partial charge is 0.444 e. The van der Waals surface area contributed by atoms with Gasteiger partial charge in [0.25, 0.3) is 0 Å². The van der Waals surface area contributed by atoms with Crippen LogP contribution in [0.15, 0.2) is 30.3 Å². The van der Waals surface area contributed by atoms with Gasteiger partial charge >= 0.3 is 6.09 Å². The molecule has 2 amide bonds. The lowest BCUT2D eigenvalue weighted by molar-refractivity contribution is -0.131. The van der Waals surface area contributed by atoms with Gasteiger partial charge in [0.2, 0.25) is 5.91 Å². The number of amides is 2. The van der Waals surface area contributed by atoms with E-state index in [2.05, 4.69) is 29.7 Å². The second-order valence-corrected chi connectivity index (χ2v) is 9.71. The van der Waals surface area contributed by atoms with Gasteiger partial charge in [-0.25, -0.2) is 4.79 Å². The molecule has 0 aliphatic carbocycles. The van der Waals surface area contributed by atoms with Crippen molar-refractivity contribution >= 4 is 17.8 Å². The average molecular weight is 461 g/mol. The van der Waals surface area contributed by atoms with Gasteiger partial charge in [0.1, 0.15) is 11.4 Å². The Labute approximate surface area is 200 Å². The number of unbranched alkanes of at least 4 members (excludes halogenated alkanes) is 1. The third-order valence-corrected chi connectivity index (χ3v) is 5.62. The van der Waals surface area contributed by atoms with Crippen LogP contribution in [-0.4, -0.2) is 36.5 Å². The van der Waals surface area contributed by atoms with Crippen LogP contribution in [0.5, 0.6) is 0 Å². The molecule has 0 saturated heterocycles. The molecule has 0 radical (unpaired) electrons. The summed E-state index contributed by atoms with van der Waals surface area (Å²) in [5, 5.41) is 5.72. The van der Waals surface area contributed by atoms with E-state index in [-0.39, 0.29) is 29.9 Å². The van der Waals surface area contributed by atoms with E-state index in [0.717, 1.165) is 32.1 Å². The van der Waals surface area contributed by atoms with E-state index >= 15 is 0 Å². The number of rotatable bonds is 15. The molecule has 186 valence electrons. The minimum Gasteiger partial charge on any atom is -0.444 e. The predicted molar refractivity (Wildman–Crippen MR) is 133 cm³/mol. The lowest BCUT2D eigenvalue weighted by atomic mass is 9.86. The Kier molecular flexibility index (Phi) is 13.4. The first-order valence-corrected chi connectivity index (χ1v) is 12.5. The smallest absolute Gasteiger partial charge is 0.407 e. The molecule has 0 fully saturated rings. The summed E-state index contributed by atoms with van der Waals surface area (Å²) in [5.41, 5.74) is 0.679. The Hall–Kier alpha value is -2.37. The van der Waals surface area contributed by atoms with E-state index < -0.39 is 11.7 Å². The number of carbonyl (C=O) groups excluding carboxylic acids is 3. The molecule has 0 bridgehead atoms. The van der Waals surface area contributed by atoms with Crippen molar-refractivity contribution in [3.8, 4) is 0 Å². The zero-order chi connectivity index (χ0) is 24.7. The van der Waals surface area contributed by atoms with Crippen LogP contribution in [0.25, 0.3) is 0 Å². The van der Waals surface area contributed by atoms with Crippen molar-refractivity contribution in [3.05, 3.63) is 35.9 Å². The Morgan fingerprint density at radius 3 is 2.18 bits per heavy atom. The molecule has 1 rings (SSSR count). The summed E-state index contributed by atoms with van der Waals surface area (Å²) in [5.74, 6) is -0.326. The highest BCUT2D eigenvalue weighted by atomic mass is 16.6. The summed E-state index contributed by atoms with van der Waals surface area (Å²) < 4.78 is 5.25. The van der Waals surface area contributed by atoms with Gasteiger partial charge in [-0.2, -0.15) is 0 Å². The van der Waals surface area contributed by atoms with E-state index in [0.29, 0.717) is 25.9 Å². The molecule has 0 spiro atoms. The Morgan fingerprint density at radius 2 is 1.58 bits per heavy atom. The first kappa shape index (κ1) is 28.7. The number of carbonyl (C=O) groups is 3. The summed E-state index contributed by atoms with van der Waals surface area (Å²) in [6.07, 6.45) is 5.29. The van der Waals surface area contributed by atoms with Crippen molar-refractivity contribution in [1.82, 2.24) is 10.6 Å². The molecule has 0 aliphatic heterocycles. The van der Waals surface area contributed by atoms with E-state index in [4.69, 9.17) is 4.74 Å². The maximum absolute atomic E-state index is 13.1. The molecule has 6 heteroatoms. The van der Waals surface area contributed by atoms with Gasteiger partial charge < -0.3 is 15.4 Å². The van der Waals surface area contributed by atoms with Crippen LogP contribution in [-0.2, 0) is 20.7 Å². The minimum atomic E-state index is -0.548. The molecule has 0 aromatic heterocycles. The maximum Gasteiger partial charge on any atom is 0.407 e. The maximum atomic E-state index is 13.1. The van der Waals surface area contributed by atoms with Crippen molar-refractivity contribution in [1.29, 1.82) is 0 Å². The number of alkyl carbamates (subject to hydrolysis) is 1. The Balaban J connectivity index is 2.62. The second-order valence-electron chi connectivity index (χ2n) is 9.71. The van der Waals surface area contributed by atoms with Crippen LogP contribution in [0.4, 0.5) is 4.79 Å². The fraction of sp³-hybridized carbons (Fsp3) is 0.667. The van der Waals surface area contributed by atoms with Crippen LogP contribution in [0, 0.1) is 11.8 Å². The van der Waals surface area contributed by atoms with Crippen molar-refractivity contribution in [2.24, 2.45) is 11.8 Å². The van der Waals surface area contributed by atoms with Crippen molar-refractivity contribution in [3.63, 3.8) is 0 Å². The second kappa shape index (κ2) is 15.5. The summed E-state index contributed by atoms with van der Waals surface area (Å²) in [6, 6.07) is 10.2. The SMILES string of the molecule is CCCCNC(=O)[C@H](CCCNC(=O)OC(C)(C)C)CC(=O)[C@@H](CC)CCc1ccccc1. The summed E-state index contributed by atoms with van der Waals surface area (Å²) in [4.78, 5) is 37.7. The number of aryl methyl sites for hydroxylation is 1. The van der Waals surface area contributed by atoms with Crippen LogP contribution in [0.2, 0.25) is 0 Å². The minimum absolute atomic E-state index is 0.0453. The number of ketones is 1. The first-order chi connectivity index (χ1) is 15.7. The Morgan fingerprint density at radius 1 is 0.909 bits per heavy atom. The van der Waals surface area contributed by atoms with Gasteiger partial charge in [-0.1, -0.05) is 50.6 Å². The highest BCUT2D eigenvalue weighted by molar-refractivity contribution is 5.88. The fourth-order valence-electron chi connectivity index (χ4n) is 3.70. The van der Waals surface area contributed by atoms with Crippen LogP contribution >= 0.6 is 0 Å². The van der Waals surface area contributed by atoms with Crippen LogP contribution in [0.3, 0.4) is 0 Å². The van der Waals surface area contributed by atoms with Crippen molar-refractivity contribution < 1.29 is 19.1 Å². The fourth-order valence-corrected chi connectivity index (χ4v) is 3.70. The van der Waals surface area contributed by atoms with Gasteiger partial charge in [-0.15, -0.1) is 0 Å². The van der Waals surface area contributed by atoms with E-state index in [1.165, 1.54) is 5.56 Å². The molecular formula is C27H44N2O4. The van der Waals surface area contributed by atoms with Crippen LogP contribution in [0.1, 0.15) is 85.1 Å². The number of ether oxygens (including phenoxy) is 1. The van der Waals surface area contributed by atoms with Crippen molar-refractivity contribution in [2.75, 3.05) is 13.1 Å². The summed E-state index contributed by atoms with van der Waals surface area (Å²) in [6.45, 7) is 10.6. The van der Waals surface area contributed by atoms with Gasteiger partial charge in [0.15, 0.2) is 0 Å². The molecule has 6 nitrogen and oxygen atoms in total. The number of Topliss-reactive ketones (excluding diaryl/α,β-unsaturated/α-hetero) is 1. The zero-order valence-electron chi connectivity index (χ0n) is 21.2. The van der Waals surface area contributed by atoms with Gasteiger partial charge in [-0.3, -0.25) is 9.59 Å². The first-order valence-electron chi connectivity index (χ1n) is 12.5. The molecule has 1 aromatic rings. The molecule has 0 heterocycles. The van der Waals surface area contributed by atoms with Gasteiger partial charge in [0, 0.05) is 31.3 Å². The molecule has 0 aliphatic rings. The van der Waals surface area contributed by atoms with E-state index in [1.807, 2.05) is 45.9 Å². The quantitative estimate of drug-likeness (QED) is 0.341. The number of nitrogens with one attached hydrogen (secondary N) is 2. The molecule has 2 N–H and O–H groups in total. The molecule has 33 heavy (non-hydrogen) atoms. The number of hydrogen-bond acceptors (Lipinski definition) is 4. The highest BCUT2D eigenvalue weighted by Crippen LogP contribution is 2.21. The zero-order valence-corrected chi connectivity index (χ0v) is 21.2. The average Bonchev–Trinajstić information content (AvgIpc) is 2.75. The molecule has 1 aromatic carbocycles. The number of benzene rings is 1. The molecule has 2 atom stereocenters. The monoisotopic (exact) mass is 460 g/mol. The number of hydrogen-bond donors (Lipinski definition) is 2. The van der Waals surface area contributed by atoms with Gasteiger partial charge in [0.05, 0.1) is 0 Å². The van der Waals surface area contributed by atoms with E-state index in [9.17, 15) is 14.4 Å². The van der Waals surface area contributed by atoms with Crippen LogP contribution < -0.4 is 10.6 Å². The summed E-state index contributed by atoms with van der Waals surface area (Å²) >= 11 is 0. The normalized spacial score (nSPS) is 13.1. The highest BCUT2D eigenvalue weighted by Gasteiger charge is 2.25. The van der Waals surface area contributed by atoms with E-state index in [1.54, 1.807) is 0 Å². The Bertz CT molecular complexity index is 713. The molecule has 0 unspecified atom stereocenters. The lowest BCUT2D eigenvalue weighted by Crippen LogP contribution is -2.35. The molecular weight excluding hydrogens is 416 g/mol. The standard InChI is InChI=1S/C27H44N2O4/c1-6-8-18-28-25(31)23(15-12-19-29-26(32)33-27(3,4)5)20-24(30)22(7-2)17-16-21-13-10-9-11-14-21/h9-11,13-14,22-23H,6-8,12,15-20H2,1-5H3,(H,28,31)(H,29,32)/t22-,23+/m0/s1. The third kappa shape index (κ3) is 13.1. The lowest BCUT2D eigenvalue weighted by Gasteiger charge is -2.21. The topological polar surface area (TPSA) is 84.5 Å². The third-order valence-electron chi connectivity index (χ3n) is 5.62. The predicted octanol–water partition coefficient (Wildman–Crippen LogP) is 5.44. The molecule has 0 saturated carbocycles. The van der Waals surface area contributed by atoms with Gasteiger partial charge in [-0.05, 0) is 64.9 Å².